The number of aromatic nitrogens is 4. The molecular formula is C4H2N4O2. The van der Waals surface area contributed by atoms with Gasteiger partial charge in [0.05, 0.1) is 11.4 Å². The average molecular weight is 138 g/mol. The fraction of sp³-hybridized carbons (Fsp3) is 0. The molecule has 0 atom stereocenters. The van der Waals surface area contributed by atoms with Gasteiger partial charge in [-0.2, -0.15) is 4.98 Å². The molecule has 0 spiro atoms. The second-order valence-corrected chi connectivity index (χ2v) is 1.66. The molecule has 0 saturated heterocycles. The SMILES string of the molecule is [O-][n+]1onc2ncncc21. The normalized spacial score (nSPS) is 10.4. The van der Waals surface area contributed by atoms with E-state index in [0.29, 0.717) is 0 Å². The van der Waals surface area contributed by atoms with Crippen LogP contribution in [0.25, 0.3) is 11.2 Å². The smallest absolute Gasteiger partial charge is 0.343 e. The highest BCUT2D eigenvalue weighted by Crippen LogP contribution is 1.97. The maximum absolute atomic E-state index is 10.6. The summed E-state index contributed by atoms with van der Waals surface area (Å²) in [7, 11) is 0. The van der Waals surface area contributed by atoms with E-state index in [1.54, 1.807) is 0 Å². The molecule has 0 aliphatic carbocycles. The summed E-state index contributed by atoms with van der Waals surface area (Å²) in [5, 5.41) is 13.9. The molecule has 0 N–H and O–H groups in total. The van der Waals surface area contributed by atoms with Crippen molar-refractivity contribution < 1.29 is 9.53 Å². The quantitative estimate of drug-likeness (QED) is 0.447. The van der Waals surface area contributed by atoms with Crippen molar-refractivity contribution in [2.24, 2.45) is 0 Å². The molecule has 2 aromatic heterocycles. The summed E-state index contributed by atoms with van der Waals surface area (Å²) in [6.07, 6.45) is 2.64. The van der Waals surface area contributed by atoms with Crippen molar-refractivity contribution in [2.75, 3.05) is 0 Å². The summed E-state index contributed by atoms with van der Waals surface area (Å²) in [5.41, 5.74) is 0.507. The van der Waals surface area contributed by atoms with E-state index in [2.05, 4.69) is 19.8 Å². The van der Waals surface area contributed by atoms with Crippen LogP contribution in [0.3, 0.4) is 0 Å². The van der Waals surface area contributed by atoms with Crippen molar-refractivity contribution in [2.45, 2.75) is 0 Å². The first-order chi connectivity index (χ1) is 4.88. The maximum atomic E-state index is 10.6. The van der Waals surface area contributed by atoms with E-state index in [9.17, 15) is 5.21 Å². The lowest BCUT2D eigenvalue weighted by Gasteiger charge is -1.81. The van der Waals surface area contributed by atoms with Gasteiger partial charge in [0.1, 0.15) is 6.33 Å². The number of fused-ring (bicyclic) bond motifs is 1. The van der Waals surface area contributed by atoms with Gasteiger partial charge in [-0.15, -0.1) is 0 Å². The summed E-state index contributed by atoms with van der Waals surface area (Å²) < 4.78 is 4.22. The minimum Gasteiger partial charge on any atom is -0.359 e. The minimum absolute atomic E-state index is 0.238. The topological polar surface area (TPSA) is 78.8 Å². The number of hydrogen-bond acceptors (Lipinski definition) is 5. The van der Waals surface area contributed by atoms with Gasteiger partial charge in [0.2, 0.25) is 0 Å². The molecule has 0 radical (unpaired) electrons. The number of nitrogens with zero attached hydrogens (tertiary/aromatic N) is 4. The van der Waals surface area contributed by atoms with Crippen molar-refractivity contribution in [3.05, 3.63) is 17.7 Å². The number of rotatable bonds is 0. The Morgan fingerprint density at radius 2 is 2.50 bits per heavy atom. The van der Waals surface area contributed by atoms with E-state index >= 15 is 0 Å². The Kier molecular flexibility index (Phi) is 0.830. The highest BCUT2D eigenvalue weighted by Gasteiger charge is 2.07. The second kappa shape index (κ2) is 1.63. The lowest BCUT2D eigenvalue weighted by Crippen LogP contribution is -2.22. The van der Waals surface area contributed by atoms with Gasteiger partial charge in [-0.25, -0.2) is 4.98 Å². The molecule has 2 aromatic rings. The van der Waals surface area contributed by atoms with E-state index < -0.39 is 0 Å². The Labute approximate surface area is 54.6 Å². The zero-order valence-corrected chi connectivity index (χ0v) is 4.76. The first-order valence-corrected chi connectivity index (χ1v) is 2.53. The van der Waals surface area contributed by atoms with Gasteiger partial charge in [-0.1, -0.05) is 0 Å². The van der Waals surface area contributed by atoms with Crippen LogP contribution in [0.5, 0.6) is 0 Å². The lowest BCUT2D eigenvalue weighted by molar-refractivity contribution is -0.782. The molecule has 0 aromatic carbocycles. The van der Waals surface area contributed by atoms with Gasteiger partial charge in [0.25, 0.3) is 5.52 Å². The van der Waals surface area contributed by atoms with Crippen molar-refractivity contribution in [1.29, 1.82) is 0 Å². The standard InChI is InChI=1S/C4H2N4O2/c9-8-3-1-5-2-6-4(3)7-10-8/h1-2H. The molecule has 6 heteroatoms. The lowest BCUT2D eigenvalue weighted by atomic mass is 10.6. The van der Waals surface area contributed by atoms with Gasteiger partial charge in [-0.05, 0) is 4.90 Å². The summed E-state index contributed by atoms with van der Waals surface area (Å²) in [4.78, 5) is 7.54. The molecule has 0 aliphatic rings. The Balaban J connectivity index is 2.93. The van der Waals surface area contributed by atoms with Gasteiger partial charge in [0.15, 0.2) is 0 Å². The Bertz CT molecular complexity index is 357. The first kappa shape index (κ1) is 5.10. The zero-order chi connectivity index (χ0) is 6.97. The average Bonchev–Trinajstić information content (AvgIpc) is 2.34. The minimum atomic E-state index is 0.238. The molecule has 6 nitrogen and oxygen atoms in total. The van der Waals surface area contributed by atoms with E-state index in [1.165, 1.54) is 12.5 Å². The van der Waals surface area contributed by atoms with Crippen molar-refractivity contribution in [3.63, 3.8) is 0 Å². The third-order valence-electron chi connectivity index (χ3n) is 1.07. The van der Waals surface area contributed by atoms with E-state index in [-0.39, 0.29) is 16.1 Å². The predicted octanol–water partition coefficient (Wildman–Crippen LogP) is -0.749. The molecule has 2 rings (SSSR count). The van der Waals surface area contributed by atoms with Crippen molar-refractivity contribution >= 4 is 11.2 Å². The van der Waals surface area contributed by atoms with Crippen LogP contribution in [-0.2, 0) is 0 Å². The maximum Gasteiger partial charge on any atom is 0.343 e. The molecular weight excluding hydrogens is 136 g/mol. The van der Waals surface area contributed by atoms with Gasteiger partial charge in [0, 0.05) is 0 Å². The van der Waals surface area contributed by atoms with E-state index in [1.807, 2.05) is 0 Å². The zero-order valence-electron chi connectivity index (χ0n) is 4.76. The molecule has 0 saturated carbocycles. The van der Waals surface area contributed by atoms with Crippen molar-refractivity contribution in [3.8, 4) is 0 Å². The summed E-state index contributed by atoms with van der Waals surface area (Å²) in [6, 6.07) is 0. The molecule has 0 unspecified atom stereocenters. The van der Waals surface area contributed by atoms with E-state index in [4.69, 9.17) is 0 Å². The molecule has 2 heterocycles. The molecule has 0 aliphatic heterocycles. The van der Waals surface area contributed by atoms with Crippen LogP contribution >= 0.6 is 0 Å². The Morgan fingerprint density at radius 3 is 3.30 bits per heavy atom. The van der Waals surface area contributed by atoms with Crippen LogP contribution in [0.1, 0.15) is 0 Å². The van der Waals surface area contributed by atoms with Gasteiger partial charge >= 0.3 is 5.65 Å². The monoisotopic (exact) mass is 138 g/mol. The highest BCUT2D eigenvalue weighted by atomic mass is 16.8. The molecule has 10 heavy (non-hydrogen) atoms. The molecule has 0 amide bonds. The molecule has 0 bridgehead atoms. The van der Waals surface area contributed by atoms with Crippen LogP contribution < -0.4 is 4.90 Å². The molecule has 50 valence electrons. The first-order valence-electron chi connectivity index (χ1n) is 2.53. The van der Waals surface area contributed by atoms with Crippen LogP contribution in [0, 0.1) is 5.21 Å². The summed E-state index contributed by atoms with van der Waals surface area (Å²) in [6.45, 7) is 0. The Morgan fingerprint density at radius 1 is 1.60 bits per heavy atom. The van der Waals surface area contributed by atoms with Crippen LogP contribution in [-0.4, -0.2) is 15.1 Å². The highest BCUT2D eigenvalue weighted by molar-refractivity contribution is 5.62. The third kappa shape index (κ3) is 0.524. The van der Waals surface area contributed by atoms with Gasteiger partial charge in [-0.3, -0.25) is 4.63 Å². The largest absolute Gasteiger partial charge is 0.359 e. The van der Waals surface area contributed by atoms with Crippen LogP contribution in [0.2, 0.25) is 0 Å². The Hall–Kier alpha value is -1.72. The fourth-order valence-corrected chi connectivity index (χ4v) is 0.635. The molecule has 0 fully saturated rings. The van der Waals surface area contributed by atoms with Gasteiger partial charge < -0.3 is 5.21 Å². The third-order valence-corrected chi connectivity index (χ3v) is 1.07. The summed E-state index contributed by atoms with van der Waals surface area (Å²) >= 11 is 0. The van der Waals surface area contributed by atoms with E-state index in [0.717, 1.165) is 0 Å². The van der Waals surface area contributed by atoms with Crippen molar-refractivity contribution in [1.82, 2.24) is 15.1 Å². The van der Waals surface area contributed by atoms with Crippen LogP contribution in [0.4, 0.5) is 0 Å². The summed E-state index contributed by atoms with van der Waals surface area (Å²) in [5.74, 6) is 0. The fourth-order valence-electron chi connectivity index (χ4n) is 0.635. The predicted molar refractivity (Wildman–Crippen MR) is 28.6 cm³/mol. The van der Waals surface area contributed by atoms with Crippen LogP contribution in [0.15, 0.2) is 17.2 Å². The second-order valence-electron chi connectivity index (χ2n) is 1.66. The number of hydrogen-bond donors (Lipinski definition) is 0.